The van der Waals surface area contributed by atoms with Crippen LogP contribution in [0.5, 0.6) is 5.75 Å². The highest BCUT2D eigenvalue weighted by molar-refractivity contribution is 5.92. The van der Waals surface area contributed by atoms with Crippen molar-refractivity contribution in [2.75, 3.05) is 6.54 Å². The summed E-state index contributed by atoms with van der Waals surface area (Å²) in [6.45, 7) is 1.03. The van der Waals surface area contributed by atoms with Gasteiger partial charge in [0, 0.05) is 19.3 Å². The molecule has 2 N–H and O–H groups in total. The lowest BCUT2D eigenvalue weighted by atomic mass is 9.99. The Kier molecular flexibility index (Phi) is 2.98. The first-order valence-corrected chi connectivity index (χ1v) is 6.28. The molecule has 1 aliphatic heterocycles. The molecule has 102 valence electrons. The summed E-state index contributed by atoms with van der Waals surface area (Å²) >= 11 is 0. The SMILES string of the molecule is O=C(c1c[nH]c(=O)cn1)N1CCc2ccc(O)cc2C1. The molecule has 0 bridgehead atoms. The van der Waals surface area contributed by atoms with E-state index in [-0.39, 0.29) is 22.9 Å². The van der Waals surface area contributed by atoms with E-state index in [1.54, 1.807) is 17.0 Å². The zero-order chi connectivity index (χ0) is 14.1. The molecular formula is C14H13N3O3. The number of carbonyl (C=O) groups excluding carboxylic acids is 1. The van der Waals surface area contributed by atoms with Crippen LogP contribution in [-0.2, 0) is 13.0 Å². The van der Waals surface area contributed by atoms with Crippen LogP contribution in [0.4, 0.5) is 0 Å². The number of nitrogens with one attached hydrogen (secondary N) is 1. The molecule has 1 aliphatic rings. The van der Waals surface area contributed by atoms with Gasteiger partial charge in [-0.25, -0.2) is 4.98 Å². The number of rotatable bonds is 1. The lowest BCUT2D eigenvalue weighted by Crippen LogP contribution is -2.36. The molecule has 0 aliphatic carbocycles. The van der Waals surface area contributed by atoms with E-state index in [1.807, 2.05) is 6.07 Å². The molecule has 0 radical (unpaired) electrons. The molecule has 6 nitrogen and oxygen atoms in total. The van der Waals surface area contributed by atoms with Crippen molar-refractivity contribution in [3.8, 4) is 5.75 Å². The third kappa shape index (κ3) is 2.27. The largest absolute Gasteiger partial charge is 0.508 e. The van der Waals surface area contributed by atoms with Gasteiger partial charge >= 0.3 is 0 Å². The van der Waals surface area contributed by atoms with Crippen LogP contribution in [0.25, 0.3) is 0 Å². The minimum Gasteiger partial charge on any atom is -0.508 e. The second-order valence-corrected chi connectivity index (χ2v) is 4.73. The fourth-order valence-electron chi connectivity index (χ4n) is 2.34. The molecule has 1 amide bonds. The molecule has 0 saturated carbocycles. The Morgan fingerprint density at radius 2 is 2.20 bits per heavy atom. The first-order valence-electron chi connectivity index (χ1n) is 6.28. The maximum absolute atomic E-state index is 12.3. The maximum Gasteiger partial charge on any atom is 0.274 e. The summed E-state index contributed by atoms with van der Waals surface area (Å²) in [6.07, 6.45) is 3.16. The van der Waals surface area contributed by atoms with Crippen molar-refractivity contribution in [3.05, 3.63) is 57.8 Å². The highest BCUT2D eigenvalue weighted by atomic mass is 16.3. The lowest BCUT2D eigenvalue weighted by Gasteiger charge is -2.28. The Labute approximate surface area is 114 Å². The molecule has 0 spiro atoms. The summed E-state index contributed by atoms with van der Waals surface area (Å²) in [7, 11) is 0. The van der Waals surface area contributed by atoms with Gasteiger partial charge in [-0.1, -0.05) is 6.07 Å². The van der Waals surface area contributed by atoms with Crippen molar-refractivity contribution in [2.45, 2.75) is 13.0 Å². The van der Waals surface area contributed by atoms with Gasteiger partial charge < -0.3 is 15.0 Å². The van der Waals surface area contributed by atoms with Gasteiger partial charge in [0.05, 0.1) is 6.20 Å². The molecule has 0 atom stereocenters. The topological polar surface area (TPSA) is 86.3 Å². The number of benzene rings is 1. The fraction of sp³-hybridized carbons (Fsp3) is 0.214. The number of phenols is 1. The maximum atomic E-state index is 12.3. The van der Waals surface area contributed by atoms with E-state index in [0.29, 0.717) is 13.1 Å². The van der Waals surface area contributed by atoms with Crippen molar-refractivity contribution in [3.63, 3.8) is 0 Å². The number of nitrogens with zero attached hydrogens (tertiary/aromatic N) is 2. The lowest BCUT2D eigenvalue weighted by molar-refractivity contribution is 0.0728. The number of hydrogen-bond donors (Lipinski definition) is 2. The number of aromatic nitrogens is 2. The smallest absolute Gasteiger partial charge is 0.274 e. The van der Waals surface area contributed by atoms with Gasteiger partial charge in [-0.05, 0) is 29.7 Å². The molecule has 1 aromatic carbocycles. The zero-order valence-corrected chi connectivity index (χ0v) is 10.7. The number of fused-ring (bicyclic) bond motifs is 1. The highest BCUT2D eigenvalue weighted by Crippen LogP contribution is 2.23. The number of phenolic OH excluding ortho intramolecular Hbond substituents is 1. The Balaban J connectivity index is 1.84. The van der Waals surface area contributed by atoms with E-state index in [9.17, 15) is 14.7 Å². The van der Waals surface area contributed by atoms with Crippen molar-refractivity contribution in [1.82, 2.24) is 14.9 Å². The molecule has 3 rings (SSSR count). The van der Waals surface area contributed by atoms with Crippen LogP contribution in [0.2, 0.25) is 0 Å². The molecule has 1 aromatic heterocycles. The third-order valence-corrected chi connectivity index (χ3v) is 3.38. The van der Waals surface area contributed by atoms with Gasteiger partial charge in [0.25, 0.3) is 11.5 Å². The van der Waals surface area contributed by atoms with Crippen LogP contribution >= 0.6 is 0 Å². The van der Waals surface area contributed by atoms with E-state index in [4.69, 9.17) is 0 Å². The third-order valence-electron chi connectivity index (χ3n) is 3.38. The van der Waals surface area contributed by atoms with E-state index in [2.05, 4.69) is 9.97 Å². The molecule has 2 aromatic rings. The quantitative estimate of drug-likeness (QED) is 0.798. The van der Waals surface area contributed by atoms with Crippen molar-refractivity contribution in [2.24, 2.45) is 0 Å². The van der Waals surface area contributed by atoms with Gasteiger partial charge in [-0.2, -0.15) is 0 Å². The number of amides is 1. The molecule has 0 unspecified atom stereocenters. The van der Waals surface area contributed by atoms with Crippen LogP contribution in [0.1, 0.15) is 21.6 Å². The average Bonchev–Trinajstić information content (AvgIpc) is 2.46. The number of H-pyrrole nitrogens is 1. The predicted molar refractivity (Wildman–Crippen MR) is 71.4 cm³/mol. The Bertz CT molecular complexity index is 703. The van der Waals surface area contributed by atoms with E-state index < -0.39 is 0 Å². The summed E-state index contributed by atoms with van der Waals surface area (Å²) in [5, 5.41) is 9.51. The monoisotopic (exact) mass is 271 g/mol. The molecule has 6 heteroatoms. The van der Waals surface area contributed by atoms with Crippen LogP contribution in [-0.4, -0.2) is 32.4 Å². The van der Waals surface area contributed by atoms with E-state index >= 15 is 0 Å². The van der Waals surface area contributed by atoms with Crippen molar-refractivity contribution < 1.29 is 9.90 Å². The molecule has 0 fully saturated rings. The van der Waals surface area contributed by atoms with Crippen LogP contribution < -0.4 is 5.56 Å². The molecule has 20 heavy (non-hydrogen) atoms. The Morgan fingerprint density at radius 1 is 1.35 bits per heavy atom. The summed E-state index contributed by atoms with van der Waals surface area (Å²) in [5.74, 6) is -0.0320. The van der Waals surface area contributed by atoms with Gasteiger partial charge in [0.15, 0.2) is 0 Å². The summed E-state index contributed by atoms with van der Waals surface area (Å²) in [5.41, 5.74) is 1.96. The molecular weight excluding hydrogens is 258 g/mol. The Morgan fingerprint density at radius 3 is 2.95 bits per heavy atom. The fourth-order valence-corrected chi connectivity index (χ4v) is 2.34. The van der Waals surface area contributed by atoms with Gasteiger partial charge in [0.2, 0.25) is 0 Å². The Hall–Kier alpha value is -2.63. The number of aromatic amines is 1. The standard InChI is InChI=1S/C14H13N3O3/c18-11-2-1-9-3-4-17(8-10(9)5-11)14(20)12-6-16-13(19)7-15-12/h1-2,5-7,18H,3-4,8H2,(H,16,19). The summed E-state index contributed by atoms with van der Waals surface area (Å²) in [6, 6.07) is 5.21. The minimum absolute atomic E-state index is 0.195. The van der Waals surface area contributed by atoms with Crippen LogP contribution in [0.15, 0.2) is 35.4 Å². The highest BCUT2D eigenvalue weighted by Gasteiger charge is 2.22. The van der Waals surface area contributed by atoms with Gasteiger partial charge in [0.1, 0.15) is 11.4 Å². The number of hydrogen-bond acceptors (Lipinski definition) is 4. The van der Waals surface area contributed by atoms with Crippen LogP contribution in [0, 0.1) is 0 Å². The number of aromatic hydroxyl groups is 1. The minimum atomic E-state index is -0.338. The first kappa shape index (κ1) is 12.4. The van der Waals surface area contributed by atoms with Crippen LogP contribution in [0.3, 0.4) is 0 Å². The van der Waals surface area contributed by atoms with Gasteiger partial charge in [-0.15, -0.1) is 0 Å². The second kappa shape index (κ2) is 4.80. The predicted octanol–water partition coefficient (Wildman–Crippen LogP) is 0.674. The van der Waals surface area contributed by atoms with E-state index in [1.165, 1.54) is 6.20 Å². The van der Waals surface area contributed by atoms with Gasteiger partial charge in [-0.3, -0.25) is 9.59 Å². The zero-order valence-electron chi connectivity index (χ0n) is 10.7. The van der Waals surface area contributed by atoms with Crippen molar-refractivity contribution in [1.29, 1.82) is 0 Å². The normalized spacial score (nSPS) is 13.9. The molecule has 0 saturated heterocycles. The number of carbonyl (C=O) groups is 1. The second-order valence-electron chi connectivity index (χ2n) is 4.73. The molecule has 2 heterocycles. The van der Waals surface area contributed by atoms with E-state index in [0.717, 1.165) is 23.7 Å². The average molecular weight is 271 g/mol. The summed E-state index contributed by atoms with van der Waals surface area (Å²) in [4.78, 5) is 31.2. The van der Waals surface area contributed by atoms with Crippen molar-refractivity contribution >= 4 is 5.91 Å². The first-order chi connectivity index (χ1) is 9.63. The summed E-state index contributed by atoms with van der Waals surface area (Å²) < 4.78 is 0.